The largest absolute Gasteiger partial charge is 0.481 e. The molecule has 0 spiro atoms. The van der Waals surface area contributed by atoms with E-state index in [4.69, 9.17) is 38.3 Å². The lowest BCUT2D eigenvalue weighted by Gasteiger charge is -2.03. The number of rotatable bonds is 9. The number of nitrogens with two attached hydrogens (primary N) is 4. The summed E-state index contributed by atoms with van der Waals surface area (Å²) in [5.74, 6) is -3.18. The number of aliphatic imine (C=N–C) groups is 1. The van der Waals surface area contributed by atoms with Gasteiger partial charge in [-0.2, -0.15) is 0 Å². The highest BCUT2D eigenvalue weighted by Gasteiger charge is 2.12. The number of hydrogen-bond acceptors (Lipinski definition) is 6. The van der Waals surface area contributed by atoms with Crippen molar-refractivity contribution in [3.63, 3.8) is 0 Å². The third kappa shape index (κ3) is 15.7. The molecule has 0 saturated carbocycles. The normalized spacial score (nSPS) is 12.3. The molecular formula is C11H23N5O6. The van der Waals surface area contributed by atoms with E-state index in [2.05, 4.69) is 4.99 Å². The van der Waals surface area contributed by atoms with Gasteiger partial charge in [-0.3, -0.25) is 19.4 Å². The molecule has 0 aliphatic rings. The van der Waals surface area contributed by atoms with Crippen molar-refractivity contribution >= 4 is 23.9 Å². The summed E-state index contributed by atoms with van der Waals surface area (Å²) < 4.78 is 0. The van der Waals surface area contributed by atoms with Crippen LogP contribution in [0.1, 0.15) is 25.7 Å². The van der Waals surface area contributed by atoms with Crippen LogP contribution in [0, 0.1) is 0 Å². The number of carboxylic acid groups (broad SMARTS) is 3. The van der Waals surface area contributed by atoms with E-state index in [9.17, 15) is 14.4 Å². The summed E-state index contributed by atoms with van der Waals surface area (Å²) in [5.41, 5.74) is 20.3. The third-order valence-electron chi connectivity index (χ3n) is 2.27. The first-order valence-electron chi connectivity index (χ1n) is 6.31. The summed E-state index contributed by atoms with van der Waals surface area (Å²) in [5, 5.41) is 24.7. The fraction of sp³-hybridized carbons (Fsp3) is 0.636. The maximum absolute atomic E-state index is 10.2. The van der Waals surface area contributed by atoms with Crippen molar-refractivity contribution in [3.05, 3.63) is 0 Å². The average Bonchev–Trinajstić information content (AvgIpc) is 2.40. The monoisotopic (exact) mass is 321 g/mol. The van der Waals surface area contributed by atoms with Crippen LogP contribution in [-0.2, 0) is 14.4 Å². The molecule has 0 aliphatic heterocycles. The topological polar surface area (TPSA) is 228 Å². The number of nitrogens with zero attached hydrogens (tertiary/aromatic N) is 1. The first-order valence-corrected chi connectivity index (χ1v) is 6.31. The molecule has 0 rings (SSSR count). The van der Waals surface area contributed by atoms with E-state index in [0.717, 1.165) is 0 Å². The van der Waals surface area contributed by atoms with Gasteiger partial charge in [-0.1, -0.05) is 0 Å². The van der Waals surface area contributed by atoms with Crippen LogP contribution in [0.2, 0.25) is 0 Å². The van der Waals surface area contributed by atoms with Crippen LogP contribution in [-0.4, -0.2) is 57.8 Å². The molecular weight excluding hydrogens is 298 g/mol. The molecule has 0 radical (unpaired) electrons. The lowest BCUT2D eigenvalue weighted by atomic mass is 10.2. The SMILES string of the molecule is NC(N)=NCCC[C@@H](N)C(=O)O.N[C@H](CCC(=O)O)C(=O)O. The lowest BCUT2D eigenvalue weighted by Crippen LogP contribution is -2.30. The molecule has 0 aromatic heterocycles. The Morgan fingerprint density at radius 3 is 1.73 bits per heavy atom. The van der Waals surface area contributed by atoms with Crippen molar-refractivity contribution in [2.45, 2.75) is 37.8 Å². The summed E-state index contributed by atoms with van der Waals surface area (Å²) in [6.45, 7) is 0.420. The number of carboxylic acids is 3. The van der Waals surface area contributed by atoms with Gasteiger partial charge >= 0.3 is 17.9 Å². The van der Waals surface area contributed by atoms with Gasteiger partial charge in [-0.05, 0) is 19.3 Å². The van der Waals surface area contributed by atoms with Crippen LogP contribution < -0.4 is 22.9 Å². The van der Waals surface area contributed by atoms with Crippen molar-refractivity contribution in [1.82, 2.24) is 0 Å². The van der Waals surface area contributed by atoms with E-state index in [1.54, 1.807) is 0 Å². The molecule has 0 saturated heterocycles. The Bertz CT molecular complexity index is 396. The van der Waals surface area contributed by atoms with E-state index in [0.29, 0.717) is 19.4 Å². The first-order chi connectivity index (χ1) is 10.1. The summed E-state index contributed by atoms with van der Waals surface area (Å²) in [7, 11) is 0. The van der Waals surface area contributed by atoms with Crippen LogP contribution in [0.4, 0.5) is 0 Å². The van der Waals surface area contributed by atoms with Gasteiger partial charge in [0.05, 0.1) is 0 Å². The van der Waals surface area contributed by atoms with Gasteiger partial charge in [-0.15, -0.1) is 0 Å². The van der Waals surface area contributed by atoms with Gasteiger partial charge in [0.15, 0.2) is 5.96 Å². The second kappa shape index (κ2) is 12.3. The standard InChI is InChI=1S/C6H14N4O2.C5H9NO4/c7-4(5(11)12)2-1-3-10-6(8)9;6-3(5(9)10)1-2-4(7)8/h4H,1-3,7H2,(H,11,12)(H4,8,9,10);3H,1-2,6H2,(H,7,8)(H,9,10)/t4-;3-/m11/s1. The molecule has 22 heavy (non-hydrogen) atoms. The van der Waals surface area contributed by atoms with Crippen molar-refractivity contribution in [3.8, 4) is 0 Å². The van der Waals surface area contributed by atoms with Gasteiger partial charge in [0.2, 0.25) is 0 Å². The van der Waals surface area contributed by atoms with Crippen molar-refractivity contribution < 1.29 is 29.7 Å². The molecule has 0 fully saturated rings. The molecule has 0 unspecified atom stereocenters. The van der Waals surface area contributed by atoms with Crippen LogP contribution >= 0.6 is 0 Å². The summed E-state index contributed by atoms with van der Waals surface area (Å²) in [4.78, 5) is 33.8. The van der Waals surface area contributed by atoms with Gasteiger partial charge in [0.25, 0.3) is 0 Å². The molecule has 11 N–H and O–H groups in total. The van der Waals surface area contributed by atoms with E-state index < -0.39 is 30.0 Å². The number of hydrogen-bond donors (Lipinski definition) is 7. The van der Waals surface area contributed by atoms with E-state index >= 15 is 0 Å². The van der Waals surface area contributed by atoms with E-state index in [1.807, 2.05) is 0 Å². The zero-order valence-corrected chi connectivity index (χ0v) is 12.0. The van der Waals surface area contributed by atoms with E-state index in [1.165, 1.54) is 0 Å². The first kappa shape index (κ1) is 21.9. The summed E-state index contributed by atoms with van der Waals surface area (Å²) in [6, 6.07) is -1.88. The minimum absolute atomic E-state index is 0.0129. The zero-order chi connectivity index (χ0) is 17.7. The second-order valence-electron chi connectivity index (χ2n) is 4.27. The Balaban J connectivity index is 0. The highest BCUT2D eigenvalue weighted by molar-refractivity contribution is 5.75. The maximum atomic E-state index is 10.2. The van der Waals surface area contributed by atoms with Crippen molar-refractivity contribution in [2.24, 2.45) is 27.9 Å². The molecule has 0 heterocycles. The Kier molecular flexibility index (Phi) is 12.3. The van der Waals surface area contributed by atoms with Gasteiger partial charge < -0.3 is 38.3 Å². The highest BCUT2D eigenvalue weighted by atomic mass is 16.4. The number of aliphatic carboxylic acids is 3. The van der Waals surface area contributed by atoms with Crippen molar-refractivity contribution in [2.75, 3.05) is 6.54 Å². The van der Waals surface area contributed by atoms with Gasteiger partial charge in [0.1, 0.15) is 12.1 Å². The predicted molar refractivity (Wildman–Crippen MR) is 78.0 cm³/mol. The second-order valence-corrected chi connectivity index (χ2v) is 4.27. The zero-order valence-electron chi connectivity index (χ0n) is 12.0. The molecule has 128 valence electrons. The quantitative estimate of drug-likeness (QED) is 0.136. The fourth-order valence-corrected chi connectivity index (χ4v) is 1.05. The molecule has 0 amide bonds. The van der Waals surface area contributed by atoms with Crippen LogP contribution in [0.25, 0.3) is 0 Å². The molecule has 11 nitrogen and oxygen atoms in total. The maximum Gasteiger partial charge on any atom is 0.320 e. The van der Waals surface area contributed by atoms with Crippen LogP contribution in [0.5, 0.6) is 0 Å². The smallest absolute Gasteiger partial charge is 0.320 e. The molecule has 11 heteroatoms. The summed E-state index contributed by atoms with van der Waals surface area (Å²) in [6.07, 6.45) is 0.732. The lowest BCUT2D eigenvalue weighted by molar-refractivity contribution is -0.140. The van der Waals surface area contributed by atoms with Crippen molar-refractivity contribution in [1.29, 1.82) is 0 Å². The predicted octanol–water partition coefficient (Wildman–Crippen LogP) is -2.28. The number of carbonyl (C=O) groups is 3. The van der Waals surface area contributed by atoms with E-state index in [-0.39, 0.29) is 18.8 Å². The minimum atomic E-state index is -1.17. The van der Waals surface area contributed by atoms with Crippen LogP contribution in [0.3, 0.4) is 0 Å². The Hall–Kier alpha value is -2.40. The summed E-state index contributed by atoms with van der Waals surface area (Å²) >= 11 is 0. The number of guanidine groups is 1. The minimum Gasteiger partial charge on any atom is -0.481 e. The Morgan fingerprint density at radius 2 is 1.36 bits per heavy atom. The van der Waals surface area contributed by atoms with Gasteiger partial charge in [-0.25, -0.2) is 0 Å². The highest BCUT2D eigenvalue weighted by Crippen LogP contribution is 1.94. The van der Waals surface area contributed by atoms with Crippen LogP contribution in [0.15, 0.2) is 4.99 Å². The Labute approximate surface area is 127 Å². The Morgan fingerprint density at radius 1 is 0.909 bits per heavy atom. The third-order valence-corrected chi connectivity index (χ3v) is 2.27. The molecule has 0 bridgehead atoms. The van der Waals surface area contributed by atoms with Gasteiger partial charge in [0, 0.05) is 13.0 Å². The molecule has 0 aromatic carbocycles. The molecule has 2 atom stereocenters. The average molecular weight is 321 g/mol. The molecule has 0 aliphatic carbocycles. The fourth-order valence-electron chi connectivity index (χ4n) is 1.05. The molecule has 0 aromatic rings.